The number of halogens is 1. The molecule has 3 aromatic rings. The standard InChI is InChI=1S/C22H24FN5O/c1-21(2)6-3-7-22(21)9-17(22)27-19-15(20(24)29)11-26-28-12-14(8-16(19)28)13-4-5-18(23)25-10-13/h4-5,8,10-12,17,27H,3,6-7,9H2,1-2H3,(H2,24,29)/t17-,22?/m0/s1. The molecule has 3 N–H and O–H groups in total. The van der Waals surface area contributed by atoms with E-state index >= 15 is 0 Å². The van der Waals surface area contributed by atoms with Crippen LogP contribution in [0.15, 0.2) is 36.8 Å². The van der Waals surface area contributed by atoms with Crippen LogP contribution in [0.4, 0.5) is 10.1 Å². The third-order valence-electron chi connectivity index (χ3n) is 7.13. The van der Waals surface area contributed by atoms with Crippen LogP contribution in [0.3, 0.4) is 0 Å². The summed E-state index contributed by atoms with van der Waals surface area (Å²) < 4.78 is 14.9. The lowest BCUT2D eigenvalue weighted by molar-refractivity contribution is 0.100. The summed E-state index contributed by atoms with van der Waals surface area (Å²) in [4.78, 5) is 15.8. The Morgan fingerprint density at radius 2 is 2.10 bits per heavy atom. The molecule has 0 saturated heterocycles. The second kappa shape index (κ2) is 6.02. The van der Waals surface area contributed by atoms with Gasteiger partial charge in [-0.3, -0.25) is 4.79 Å². The summed E-state index contributed by atoms with van der Waals surface area (Å²) in [5.41, 5.74) is 9.73. The lowest BCUT2D eigenvalue weighted by Gasteiger charge is -2.28. The van der Waals surface area contributed by atoms with E-state index in [-0.39, 0.29) is 10.8 Å². The van der Waals surface area contributed by atoms with Gasteiger partial charge in [0.25, 0.3) is 5.91 Å². The highest BCUT2D eigenvalue weighted by Crippen LogP contribution is 2.68. The predicted molar refractivity (Wildman–Crippen MR) is 109 cm³/mol. The van der Waals surface area contributed by atoms with Crippen LogP contribution in [0.1, 0.15) is 49.9 Å². The first kappa shape index (κ1) is 18.1. The molecular formula is C22H24FN5O. The van der Waals surface area contributed by atoms with Gasteiger partial charge >= 0.3 is 0 Å². The van der Waals surface area contributed by atoms with Gasteiger partial charge in [-0.1, -0.05) is 20.3 Å². The zero-order chi connectivity index (χ0) is 20.4. The van der Waals surface area contributed by atoms with E-state index < -0.39 is 11.9 Å². The minimum atomic E-state index is -0.521. The van der Waals surface area contributed by atoms with Crippen molar-refractivity contribution in [2.75, 3.05) is 5.32 Å². The van der Waals surface area contributed by atoms with Gasteiger partial charge < -0.3 is 11.1 Å². The fourth-order valence-electron chi connectivity index (χ4n) is 5.23. The molecule has 1 unspecified atom stereocenters. The van der Waals surface area contributed by atoms with Gasteiger partial charge in [0.2, 0.25) is 5.95 Å². The number of nitrogens with zero attached hydrogens (tertiary/aromatic N) is 3. The highest BCUT2D eigenvalue weighted by molar-refractivity contribution is 6.02. The predicted octanol–water partition coefficient (Wildman–Crippen LogP) is 4.02. The first-order chi connectivity index (χ1) is 13.8. The average molecular weight is 393 g/mol. The summed E-state index contributed by atoms with van der Waals surface area (Å²) in [6.07, 6.45) is 9.63. The van der Waals surface area contributed by atoms with E-state index in [1.807, 2.05) is 12.3 Å². The van der Waals surface area contributed by atoms with Crippen molar-refractivity contribution >= 4 is 17.1 Å². The molecule has 0 radical (unpaired) electrons. The maximum Gasteiger partial charge on any atom is 0.252 e. The van der Waals surface area contributed by atoms with E-state index in [2.05, 4.69) is 29.2 Å². The van der Waals surface area contributed by atoms with Crippen molar-refractivity contribution in [1.29, 1.82) is 0 Å². The number of carbonyl (C=O) groups excluding carboxylic acids is 1. The number of primary amides is 1. The fourth-order valence-corrected chi connectivity index (χ4v) is 5.23. The fraction of sp³-hybridized carbons (Fsp3) is 0.409. The molecule has 6 nitrogen and oxygen atoms in total. The van der Waals surface area contributed by atoms with Crippen LogP contribution in [-0.2, 0) is 0 Å². The van der Waals surface area contributed by atoms with Crippen LogP contribution in [0.2, 0.25) is 0 Å². The van der Waals surface area contributed by atoms with E-state index in [0.29, 0.717) is 11.6 Å². The van der Waals surface area contributed by atoms with E-state index in [1.165, 1.54) is 37.7 Å². The van der Waals surface area contributed by atoms with Crippen LogP contribution >= 0.6 is 0 Å². The molecule has 150 valence electrons. The Bertz CT molecular complexity index is 1120. The molecule has 3 heterocycles. The molecule has 1 spiro atoms. The second-order valence-corrected chi connectivity index (χ2v) is 9.02. The average Bonchev–Trinajstić information content (AvgIpc) is 3.05. The van der Waals surface area contributed by atoms with Gasteiger partial charge in [-0.25, -0.2) is 9.50 Å². The number of aromatic nitrogens is 3. The molecule has 2 saturated carbocycles. The number of carbonyl (C=O) groups is 1. The smallest absolute Gasteiger partial charge is 0.252 e. The highest BCUT2D eigenvalue weighted by Gasteiger charge is 2.64. The first-order valence-electron chi connectivity index (χ1n) is 10.0. The molecule has 2 aliphatic carbocycles. The van der Waals surface area contributed by atoms with Crippen molar-refractivity contribution in [2.45, 2.75) is 45.6 Å². The summed E-state index contributed by atoms with van der Waals surface area (Å²) in [7, 11) is 0. The summed E-state index contributed by atoms with van der Waals surface area (Å²) in [6.45, 7) is 4.69. The van der Waals surface area contributed by atoms with Crippen LogP contribution in [0.25, 0.3) is 16.6 Å². The second-order valence-electron chi connectivity index (χ2n) is 9.02. The molecule has 0 bridgehead atoms. The van der Waals surface area contributed by atoms with E-state index in [9.17, 15) is 9.18 Å². The van der Waals surface area contributed by atoms with Gasteiger partial charge in [0, 0.05) is 29.6 Å². The van der Waals surface area contributed by atoms with Gasteiger partial charge in [0.05, 0.1) is 23.0 Å². The monoisotopic (exact) mass is 393 g/mol. The topological polar surface area (TPSA) is 85.3 Å². The summed E-state index contributed by atoms with van der Waals surface area (Å²) >= 11 is 0. The molecular weight excluding hydrogens is 369 g/mol. The van der Waals surface area contributed by atoms with E-state index in [0.717, 1.165) is 28.8 Å². The number of fused-ring (bicyclic) bond motifs is 1. The maximum absolute atomic E-state index is 13.2. The van der Waals surface area contributed by atoms with Crippen molar-refractivity contribution in [3.8, 4) is 11.1 Å². The zero-order valence-electron chi connectivity index (χ0n) is 16.6. The SMILES string of the molecule is CC1(C)CCCC12C[C@@H]2Nc1c(C(N)=O)cnn2cc(-c3ccc(F)nc3)cc12. The normalized spacial score (nSPS) is 24.9. The number of nitrogens with one attached hydrogen (secondary N) is 1. The number of hydrogen-bond acceptors (Lipinski definition) is 4. The molecule has 3 aromatic heterocycles. The van der Waals surface area contributed by atoms with Gasteiger partial charge in [-0.15, -0.1) is 0 Å². The molecule has 29 heavy (non-hydrogen) atoms. The van der Waals surface area contributed by atoms with Crippen molar-refractivity contribution in [2.24, 2.45) is 16.6 Å². The number of hydrogen-bond donors (Lipinski definition) is 2. The molecule has 5 rings (SSSR count). The minimum Gasteiger partial charge on any atom is -0.379 e. The van der Waals surface area contributed by atoms with Gasteiger partial charge in [0.1, 0.15) is 0 Å². The van der Waals surface area contributed by atoms with Crippen molar-refractivity contribution in [1.82, 2.24) is 14.6 Å². The number of amides is 1. The summed E-state index contributed by atoms with van der Waals surface area (Å²) in [6, 6.07) is 5.26. The maximum atomic E-state index is 13.2. The number of anilines is 1. The molecule has 2 fully saturated rings. The Hall–Kier alpha value is -2.96. The summed E-state index contributed by atoms with van der Waals surface area (Å²) in [5.74, 6) is -1.03. The van der Waals surface area contributed by atoms with Crippen LogP contribution in [0, 0.1) is 16.8 Å². The van der Waals surface area contributed by atoms with Crippen molar-refractivity contribution in [3.63, 3.8) is 0 Å². The number of nitrogens with two attached hydrogens (primary N) is 1. The van der Waals surface area contributed by atoms with Gasteiger partial charge in [-0.2, -0.15) is 9.49 Å². The Morgan fingerprint density at radius 1 is 1.28 bits per heavy atom. The Kier molecular flexibility index (Phi) is 3.75. The largest absolute Gasteiger partial charge is 0.379 e. The van der Waals surface area contributed by atoms with E-state index in [4.69, 9.17) is 5.73 Å². The minimum absolute atomic E-state index is 0.276. The lowest BCUT2D eigenvalue weighted by Crippen LogP contribution is -2.26. The van der Waals surface area contributed by atoms with Crippen LogP contribution < -0.4 is 11.1 Å². The quantitative estimate of drug-likeness (QED) is 0.656. The number of pyridine rings is 1. The highest BCUT2D eigenvalue weighted by atomic mass is 19.1. The van der Waals surface area contributed by atoms with Gasteiger partial charge in [0.15, 0.2) is 0 Å². The van der Waals surface area contributed by atoms with Crippen LogP contribution in [0.5, 0.6) is 0 Å². The lowest BCUT2D eigenvalue weighted by atomic mass is 9.78. The molecule has 0 aliphatic heterocycles. The third-order valence-corrected chi connectivity index (χ3v) is 7.13. The molecule has 1 amide bonds. The summed E-state index contributed by atoms with van der Waals surface area (Å²) in [5, 5.41) is 7.99. The first-order valence-corrected chi connectivity index (χ1v) is 10.0. The molecule has 7 heteroatoms. The third kappa shape index (κ3) is 2.71. The molecule has 0 aromatic carbocycles. The molecule has 2 aliphatic rings. The molecule has 2 atom stereocenters. The van der Waals surface area contributed by atoms with Crippen molar-refractivity contribution in [3.05, 3.63) is 48.3 Å². The zero-order valence-corrected chi connectivity index (χ0v) is 16.6. The van der Waals surface area contributed by atoms with E-state index in [1.54, 1.807) is 10.6 Å². The van der Waals surface area contributed by atoms with Crippen molar-refractivity contribution < 1.29 is 9.18 Å². The Morgan fingerprint density at radius 3 is 2.76 bits per heavy atom. The van der Waals surface area contributed by atoms with Gasteiger partial charge in [-0.05, 0) is 48.3 Å². The number of rotatable bonds is 4. The van der Waals surface area contributed by atoms with Crippen LogP contribution in [-0.4, -0.2) is 26.5 Å². The Balaban J connectivity index is 1.57. The Labute approximate surface area is 168 Å².